The van der Waals surface area contributed by atoms with Gasteiger partial charge >= 0.3 is 0 Å². The van der Waals surface area contributed by atoms with Crippen molar-refractivity contribution in [3.63, 3.8) is 0 Å². The predicted molar refractivity (Wildman–Crippen MR) is 125 cm³/mol. The van der Waals surface area contributed by atoms with Gasteiger partial charge in [-0.1, -0.05) is 42.1 Å². The molecule has 0 aromatic heterocycles. The first-order valence-electron chi connectivity index (χ1n) is 10.9. The summed E-state index contributed by atoms with van der Waals surface area (Å²) in [6.07, 6.45) is 2.98. The Morgan fingerprint density at radius 2 is 1.88 bits per heavy atom. The first kappa shape index (κ1) is 26.3. The van der Waals surface area contributed by atoms with Gasteiger partial charge in [0, 0.05) is 12.2 Å². The molecule has 0 saturated carbocycles. The molecule has 0 radical (unpaired) electrons. The van der Waals surface area contributed by atoms with E-state index in [1.165, 1.54) is 11.8 Å². The summed E-state index contributed by atoms with van der Waals surface area (Å²) in [5, 5.41) is 10.2. The fourth-order valence-electron chi connectivity index (χ4n) is 3.36. The fourth-order valence-corrected chi connectivity index (χ4v) is 4.29. The number of unbranched alkanes of at least 4 members (excludes halogenated alkanes) is 1. The molecule has 1 heterocycles. The van der Waals surface area contributed by atoms with E-state index in [1.807, 2.05) is 30.3 Å². The van der Waals surface area contributed by atoms with Gasteiger partial charge in [0.15, 0.2) is 0 Å². The molecule has 33 heavy (non-hydrogen) atoms. The quantitative estimate of drug-likeness (QED) is 0.174. The number of carbonyl (C=O) groups is 5. The Hall–Kier alpha value is -2.92. The van der Waals surface area contributed by atoms with E-state index in [4.69, 9.17) is 5.73 Å². The summed E-state index contributed by atoms with van der Waals surface area (Å²) in [5.41, 5.74) is 6.29. The molecule has 1 fully saturated rings. The Kier molecular flexibility index (Phi) is 11.4. The van der Waals surface area contributed by atoms with Crippen molar-refractivity contribution in [3.8, 4) is 0 Å². The number of nitrogens with one attached hydrogen (secondary N) is 4. The zero-order valence-electron chi connectivity index (χ0n) is 18.4. The molecule has 11 heteroatoms. The van der Waals surface area contributed by atoms with Crippen LogP contribution in [-0.4, -0.2) is 66.2 Å². The summed E-state index contributed by atoms with van der Waals surface area (Å²) in [5.74, 6) is -0.862. The molecule has 1 aliphatic heterocycles. The van der Waals surface area contributed by atoms with Crippen LogP contribution in [0.1, 0.15) is 31.2 Å². The Morgan fingerprint density at radius 3 is 2.52 bits per heavy atom. The second-order valence-corrected chi connectivity index (χ2v) is 8.77. The number of carbonyl (C=O) groups excluding carboxylic acids is 5. The van der Waals surface area contributed by atoms with E-state index in [1.54, 1.807) is 0 Å². The van der Waals surface area contributed by atoms with Crippen molar-refractivity contribution in [2.75, 3.05) is 18.8 Å². The lowest BCUT2D eigenvalue weighted by atomic mass is 10.0. The molecule has 1 saturated heterocycles. The van der Waals surface area contributed by atoms with Crippen molar-refractivity contribution in [2.24, 2.45) is 5.73 Å². The Morgan fingerprint density at radius 1 is 1.12 bits per heavy atom. The molecule has 2 rings (SSSR count). The van der Waals surface area contributed by atoms with Crippen LogP contribution in [0.25, 0.3) is 0 Å². The monoisotopic (exact) mass is 477 g/mol. The molecule has 4 amide bonds. The van der Waals surface area contributed by atoms with E-state index in [9.17, 15) is 24.0 Å². The second kappa shape index (κ2) is 14.3. The smallest absolute Gasteiger partial charge is 0.243 e. The van der Waals surface area contributed by atoms with Crippen molar-refractivity contribution in [2.45, 2.75) is 50.2 Å². The predicted octanol–water partition coefficient (Wildman–Crippen LogP) is -0.778. The molecule has 1 aromatic rings. The molecule has 1 aromatic carbocycles. The van der Waals surface area contributed by atoms with Gasteiger partial charge in [-0.25, -0.2) is 0 Å². The molecule has 6 N–H and O–H groups in total. The van der Waals surface area contributed by atoms with Gasteiger partial charge < -0.3 is 27.0 Å². The van der Waals surface area contributed by atoms with Gasteiger partial charge in [-0.05, 0) is 37.8 Å². The standard InChI is InChI=1S/C22H31N5O5S/c23-10-5-4-8-16(25-14-28)20(30)24-13-19(29)26-18(12-15-6-2-1-3-7-15)21(31)27-17-9-11-33-22(17)32/h1-3,6-7,14,16-18H,4-5,8-13,23H2,(H,24,30)(H,25,28)(H,26,29)(H,27,31)/t16-,17-,18-/m0/s1. The first-order chi connectivity index (χ1) is 15.9. The van der Waals surface area contributed by atoms with E-state index < -0.39 is 35.8 Å². The topological polar surface area (TPSA) is 159 Å². The zero-order valence-corrected chi connectivity index (χ0v) is 19.2. The van der Waals surface area contributed by atoms with Gasteiger partial charge in [-0.3, -0.25) is 24.0 Å². The van der Waals surface area contributed by atoms with Crippen LogP contribution in [0.15, 0.2) is 30.3 Å². The summed E-state index contributed by atoms with van der Waals surface area (Å²) in [7, 11) is 0. The third kappa shape index (κ3) is 9.22. The highest BCUT2D eigenvalue weighted by molar-refractivity contribution is 8.14. The van der Waals surface area contributed by atoms with Crippen molar-refractivity contribution in [1.82, 2.24) is 21.3 Å². The third-order valence-electron chi connectivity index (χ3n) is 5.14. The average Bonchev–Trinajstić information content (AvgIpc) is 3.21. The number of hydrogen-bond donors (Lipinski definition) is 5. The van der Waals surface area contributed by atoms with Gasteiger partial charge in [0.2, 0.25) is 29.2 Å². The van der Waals surface area contributed by atoms with Crippen LogP contribution in [-0.2, 0) is 30.4 Å². The minimum absolute atomic E-state index is 0.0937. The van der Waals surface area contributed by atoms with Crippen LogP contribution in [0.3, 0.4) is 0 Å². The number of hydrogen-bond acceptors (Lipinski definition) is 7. The van der Waals surface area contributed by atoms with Crippen LogP contribution < -0.4 is 27.0 Å². The van der Waals surface area contributed by atoms with E-state index in [-0.39, 0.29) is 18.1 Å². The third-order valence-corrected chi connectivity index (χ3v) is 6.15. The summed E-state index contributed by atoms with van der Waals surface area (Å²) >= 11 is 1.18. The van der Waals surface area contributed by atoms with E-state index in [2.05, 4.69) is 21.3 Å². The maximum absolute atomic E-state index is 12.8. The normalized spacial score (nSPS) is 17.0. The Balaban J connectivity index is 1.95. The molecule has 180 valence electrons. The molecule has 3 atom stereocenters. The molecule has 0 bridgehead atoms. The fraction of sp³-hybridized carbons (Fsp3) is 0.500. The Labute approximate surface area is 197 Å². The molecule has 1 aliphatic rings. The SMILES string of the molecule is NCCCC[C@H](NC=O)C(=O)NCC(=O)N[C@@H](Cc1ccccc1)C(=O)N[C@H]1CCSC1=O. The van der Waals surface area contributed by atoms with E-state index in [0.29, 0.717) is 44.4 Å². The zero-order chi connectivity index (χ0) is 24.1. The molecule has 0 aliphatic carbocycles. The van der Waals surface area contributed by atoms with Crippen LogP contribution in [0, 0.1) is 0 Å². The number of benzene rings is 1. The van der Waals surface area contributed by atoms with Gasteiger partial charge in [0.25, 0.3) is 0 Å². The average molecular weight is 478 g/mol. The summed E-state index contributed by atoms with van der Waals surface area (Å²) < 4.78 is 0. The van der Waals surface area contributed by atoms with E-state index in [0.717, 1.165) is 5.56 Å². The summed E-state index contributed by atoms with van der Waals surface area (Å²) in [4.78, 5) is 60.3. The molecular weight excluding hydrogens is 446 g/mol. The second-order valence-electron chi connectivity index (χ2n) is 7.67. The largest absolute Gasteiger partial charge is 0.347 e. The number of nitrogens with two attached hydrogens (primary N) is 1. The molecule has 0 spiro atoms. The van der Waals surface area contributed by atoms with Crippen LogP contribution in [0.5, 0.6) is 0 Å². The van der Waals surface area contributed by atoms with Crippen molar-refractivity contribution in [3.05, 3.63) is 35.9 Å². The molecular formula is C22H31N5O5S. The Bertz CT molecular complexity index is 823. The number of amides is 4. The van der Waals surface area contributed by atoms with Crippen LogP contribution in [0.4, 0.5) is 0 Å². The van der Waals surface area contributed by atoms with Crippen molar-refractivity contribution < 1.29 is 24.0 Å². The van der Waals surface area contributed by atoms with Crippen LogP contribution >= 0.6 is 11.8 Å². The molecule has 10 nitrogen and oxygen atoms in total. The van der Waals surface area contributed by atoms with Gasteiger partial charge in [-0.15, -0.1) is 0 Å². The summed E-state index contributed by atoms with van der Waals surface area (Å²) in [6.45, 7) is 0.122. The van der Waals surface area contributed by atoms with Crippen LogP contribution in [0.2, 0.25) is 0 Å². The minimum atomic E-state index is -0.913. The highest BCUT2D eigenvalue weighted by atomic mass is 32.2. The minimum Gasteiger partial charge on any atom is -0.347 e. The highest BCUT2D eigenvalue weighted by Gasteiger charge is 2.30. The summed E-state index contributed by atoms with van der Waals surface area (Å²) in [6, 6.07) is 6.92. The lowest BCUT2D eigenvalue weighted by molar-refractivity contribution is -0.131. The maximum Gasteiger partial charge on any atom is 0.243 e. The van der Waals surface area contributed by atoms with Gasteiger partial charge in [0.05, 0.1) is 12.6 Å². The van der Waals surface area contributed by atoms with Gasteiger partial charge in [0.1, 0.15) is 12.1 Å². The van der Waals surface area contributed by atoms with Crippen molar-refractivity contribution >= 4 is 41.0 Å². The molecule has 0 unspecified atom stereocenters. The number of thioether (sulfide) groups is 1. The van der Waals surface area contributed by atoms with Crippen molar-refractivity contribution in [1.29, 1.82) is 0 Å². The number of rotatable bonds is 14. The van der Waals surface area contributed by atoms with Gasteiger partial charge in [-0.2, -0.15) is 0 Å². The maximum atomic E-state index is 12.8. The van der Waals surface area contributed by atoms with E-state index >= 15 is 0 Å². The lowest BCUT2D eigenvalue weighted by Crippen LogP contribution is -2.54. The highest BCUT2D eigenvalue weighted by Crippen LogP contribution is 2.19. The lowest BCUT2D eigenvalue weighted by Gasteiger charge is -2.21. The first-order valence-corrected chi connectivity index (χ1v) is 11.9.